The average molecular weight is 1610 g/mol. The predicted octanol–water partition coefficient (Wildman–Crippen LogP) is 16.1. The molecule has 6 atom stereocenters. The third-order valence-electron chi connectivity index (χ3n) is 16.6. The number of aromatic amines is 2. The Balaban J connectivity index is 0.000000160. The predicted molar refractivity (Wildman–Crippen MR) is 444 cm³/mol. The fraction of sp³-hybridized carbons (Fsp3) is 0.459. The van der Waals surface area contributed by atoms with Gasteiger partial charge in [0.15, 0.2) is 12.5 Å². The Morgan fingerprint density at radius 3 is 1.25 bits per heavy atom. The normalized spacial score (nSPS) is 15.7. The van der Waals surface area contributed by atoms with Crippen molar-refractivity contribution >= 4 is 155 Å². The Bertz CT molecular complexity index is 4540. The zero-order valence-electron chi connectivity index (χ0n) is 61.7. The molecule has 0 aliphatic carbocycles. The van der Waals surface area contributed by atoms with Gasteiger partial charge in [-0.3, -0.25) is 10.2 Å². The van der Waals surface area contributed by atoms with Gasteiger partial charge in [-0.1, -0.05) is 0 Å². The molecular weight excluding hydrogens is 1510 g/mol. The molecule has 2 aliphatic heterocycles. The van der Waals surface area contributed by atoms with Crippen LogP contribution >= 0.6 is 73.7 Å². The Kier molecular flexibility index (Phi) is 29.9. The van der Waals surface area contributed by atoms with Crippen molar-refractivity contribution in [3.05, 3.63) is 102 Å². The first-order chi connectivity index (χ1) is 50.3. The standard InChI is InChI=1S/C23H33N5O2S.C19H23BrN4OS.2C14H17N5OS.C4H11NO.ClH/c1-15(9-11-29)25-17-14-20(27-23(2,3)4)26-16-13-19(31-22(16)17)18-8-10-24-28(18)21-7-5-6-12-30-21;1-19(2,3)23-16-10-12(20)18-13(22-16)11-15(26-18)14-7-8-21-24(14)17-6-4-5-9-25-17;2*1-8(3-5-20)17-11-7-13(15)18-10-6-12(21-14(10)11)9-2-4-16-19-9;1-4(5)2-3-6;/h8,10,13-15,21,29H,5-7,9,11-12H2,1-4H3,(H2,25,26,27);7-8,10-11,17H,4-6,9H2,1-3H3,(H,22,23);2*2,4,6-8,20H,3,5H2,1H3,(H,16,19)(H3,15,17,18);4,6H,2-3,5H2,1H3;1H/t15-,21?;;2*8-;4-;/m0.000./s1. The maximum absolute atomic E-state index is 9.34. The zero-order chi connectivity index (χ0) is 75.0. The van der Waals surface area contributed by atoms with Gasteiger partial charge < -0.3 is 73.7 Å². The van der Waals surface area contributed by atoms with Gasteiger partial charge in [0.1, 0.15) is 23.3 Å². The Hall–Kier alpha value is -7.63. The van der Waals surface area contributed by atoms with Gasteiger partial charge in [0.25, 0.3) is 0 Å². The summed E-state index contributed by atoms with van der Waals surface area (Å²) in [5.41, 5.74) is 27.6. The second-order valence-electron chi connectivity index (χ2n) is 28.4. The van der Waals surface area contributed by atoms with Gasteiger partial charge in [-0.2, -0.15) is 20.4 Å². The number of nitrogen functional groups attached to an aromatic ring is 2. The molecule has 572 valence electrons. The first-order valence-corrected chi connectivity index (χ1v) is 39.7. The number of hydrogen-bond donors (Lipinski definition) is 14. The highest BCUT2D eigenvalue weighted by Gasteiger charge is 2.25. The molecule has 0 bridgehead atoms. The van der Waals surface area contributed by atoms with E-state index in [0.717, 1.165) is 162 Å². The van der Waals surface area contributed by atoms with Crippen LogP contribution in [-0.2, 0) is 9.47 Å². The van der Waals surface area contributed by atoms with E-state index >= 15 is 0 Å². The van der Waals surface area contributed by atoms with Crippen molar-refractivity contribution in [2.24, 2.45) is 5.73 Å². The van der Waals surface area contributed by atoms with Crippen LogP contribution in [0, 0.1) is 0 Å². The molecule has 2 unspecified atom stereocenters. The largest absolute Gasteiger partial charge is 0.396 e. The maximum atomic E-state index is 9.34. The number of halogens is 2. The molecule has 32 heteroatoms. The summed E-state index contributed by atoms with van der Waals surface area (Å²) in [7, 11) is 0. The third-order valence-corrected chi connectivity index (χ3v) is 22.3. The molecule has 2 fully saturated rings. The quantitative estimate of drug-likeness (QED) is 0.0300. The molecule has 2 saturated heterocycles. The minimum atomic E-state index is -0.0928. The summed E-state index contributed by atoms with van der Waals surface area (Å²) in [5, 5.41) is 75.8. The van der Waals surface area contributed by atoms with Gasteiger partial charge in [-0.15, -0.1) is 57.8 Å². The molecule has 0 aromatic carbocycles. The molecule has 12 aromatic heterocycles. The Labute approximate surface area is 649 Å². The van der Waals surface area contributed by atoms with Crippen molar-refractivity contribution in [3.8, 4) is 42.3 Å². The van der Waals surface area contributed by atoms with E-state index in [9.17, 15) is 5.11 Å². The Morgan fingerprint density at radius 1 is 0.509 bits per heavy atom. The highest BCUT2D eigenvalue weighted by atomic mass is 79.9. The van der Waals surface area contributed by atoms with Crippen LogP contribution in [-0.4, -0.2) is 155 Å². The van der Waals surface area contributed by atoms with Crippen molar-refractivity contribution < 1.29 is 29.9 Å². The summed E-state index contributed by atoms with van der Waals surface area (Å²) in [6, 6.07) is 24.7. The van der Waals surface area contributed by atoms with Crippen LogP contribution < -0.4 is 43.8 Å². The smallest absolute Gasteiger partial charge is 0.150 e. The first-order valence-electron chi connectivity index (χ1n) is 35.7. The number of nitrogens with zero attached hydrogens (tertiary/aromatic N) is 10. The van der Waals surface area contributed by atoms with Gasteiger partial charge in [0, 0.05) is 122 Å². The lowest BCUT2D eigenvalue weighted by atomic mass is 10.1. The first kappa shape index (κ1) is 82.4. The van der Waals surface area contributed by atoms with Crippen LogP contribution in [0.3, 0.4) is 0 Å². The van der Waals surface area contributed by atoms with E-state index in [0.29, 0.717) is 37.3 Å². The second kappa shape index (κ2) is 38.4. The molecule has 0 spiro atoms. The van der Waals surface area contributed by atoms with Gasteiger partial charge in [0.05, 0.1) is 100 Å². The lowest BCUT2D eigenvalue weighted by molar-refractivity contribution is -0.0384. The molecular formula is C74H102BrClN20O6S4. The third kappa shape index (κ3) is 22.7. The van der Waals surface area contributed by atoms with E-state index in [1.54, 1.807) is 57.7 Å². The van der Waals surface area contributed by atoms with Crippen LogP contribution in [0.25, 0.3) is 83.2 Å². The summed E-state index contributed by atoms with van der Waals surface area (Å²) in [4.78, 5) is 22.9. The summed E-state index contributed by atoms with van der Waals surface area (Å²) in [6.07, 6.45) is 16.6. The SMILES string of the molecule is CC(C)(C)Nc1cc(Br)c2sc(-c3ccnn3C3CCCCO3)cc2n1.C[C@@H](CCO)Nc1cc(N)nc2cc(-c3ccn[nH]3)sc12.C[C@@H](CCO)Nc1cc(N)nc2cc(-c3ccn[nH]3)sc12.C[C@@H](CCO)Nc1cc(NC(C)(C)C)nc2cc(-c3ccnn3C3CCCCO3)sc12.C[C@H](N)CCO.Cl. The molecule has 0 saturated carbocycles. The van der Waals surface area contributed by atoms with Gasteiger partial charge in [-0.25, -0.2) is 29.3 Å². The van der Waals surface area contributed by atoms with E-state index < -0.39 is 0 Å². The number of pyridine rings is 4. The fourth-order valence-electron chi connectivity index (χ4n) is 11.7. The van der Waals surface area contributed by atoms with Crippen molar-refractivity contribution in [2.75, 3.05) is 77.7 Å². The molecule has 0 amide bonds. The van der Waals surface area contributed by atoms with Gasteiger partial charge in [0.2, 0.25) is 0 Å². The van der Waals surface area contributed by atoms with Gasteiger partial charge >= 0.3 is 0 Å². The van der Waals surface area contributed by atoms with Crippen LogP contribution in [0.2, 0.25) is 0 Å². The molecule has 2 aliphatic rings. The van der Waals surface area contributed by atoms with Crippen molar-refractivity contribution in [3.63, 3.8) is 0 Å². The monoisotopic (exact) mass is 1610 g/mol. The van der Waals surface area contributed by atoms with E-state index in [-0.39, 0.29) is 86.5 Å². The number of aliphatic hydroxyl groups is 4. The number of nitrogens with one attached hydrogen (secondary N) is 7. The number of fused-ring (bicyclic) bond motifs is 4. The number of nitrogens with two attached hydrogens (primary N) is 3. The highest BCUT2D eigenvalue weighted by Crippen LogP contribution is 2.44. The summed E-state index contributed by atoms with van der Waals surface area (Å²) >= 11 is 10.4. The fourth-order valence-corrected chi connectivity index (χ4v) is 16.6. The Morgan fingerprint density at radius 2 is 0.887 bits per heavy atom. The van der Waals surface area contributed by atoms with E-state index in [1.807, 2.05) is 78.9 Å². The highest BCUT2D eigenvalue weighted by molar-refractivity contribution is 9.10. The van der Waals surface area contributed by atoms with E-state index in [1.165, 1.54) is 6.42 Å². The second-order valence-corrected chi connectivity index (χ2v) is 33.4. The number of H-pyrrole nitrogens is 2. The maximum Gasteiger partial charge on any atom is 0.150 e. The van der Waals surface area contributed by atoms with E-state index in [4.69, 9.17) is 52.0 Å². The zero-order valence-corrected chi connectivity index (χ0v) is 67.4. The molecule has 0 radical (unpaired) electrons. The molecule has 12 aromatic rings. The van der Waals surface area contributed by atoms with E-state index in [2.05, 4.69) is 168 Å². The van der Waals surface area contributed by atoms with Crippen LogP contribution in [0.1, 0.15) is 146 Å². The molecule has 17 N–H and O–H groups in total. The van der Waals surface area contributed by atoms with Gasteiger partial charge in [-0.05, 0) is 204 Å². The van der Waals surface area contributed by atoms with Crippen molar-refractivity contribution in [1.82, 2.24) is 59.9 Å². The lowest BCUT2D eigenvalue weighted by Crippen LogP contribution is -2.26. The number of rotatable bonds is 22. The lowest BCUT2D eigenvalue weighted by Gasteiger charge is -2.24. The average Bonchev–Trinajstić information content (AvgIpc) is 1.62. The number of thiophene rings is 4. The molecule has 14 heterocycles. The minimum Gasteiger partial charge on any atom is -0.396 e. The summed E-state index contributed by atoms with van der Waals surface area (Å²) < 4.78 is 21.4. The number of aromatic nitrogens is 12. The molecule has 106 heavy (non-hydrogen) atoms. The number of ether oxygens (including phenoxy) is 2. The van der Waals surface area contributed by atoms with Crippen molar-refractivity contribution in [2.45, 2.75) is 181 Å². The van der Waals surface area contributed by atoms with Crippen LogP contribution in [0.5, 0.6) is 0 Å². The minimum absolute atomic E-state index is 0. The topological polar surface area (TPSA) is 382 Å². The summed E-state index contributed by atoms with van der Waals surface area (Å²) in [6.45, 7) is 23.1. The molecule has 26 nitrogen and oxygen atoms in total. The number of hydrogen-bond acceptors (Lipinski definition) is 26. The van der Waals surface area contributed by atoms with Crippen molar-refractivity contribution in [1.29, 1.82) is 0 Å². The number of aliphatic hydroxyl groups excluding tert-OH is 4. The molecule has 14 rings (SSSR count). The van der Waals surface area contributed by atoms with Crippen LogP contribution in [0.15, 0.2) is 102 Å². The summed E-state index contributed by atoms with van der Waals surface area (Å²) in [5.74, 6) is 2.68. The number of anilines is 7. The van der Waals surface area contributed by atoms with Crippen LogP contribution in [0.4, 0.5) is 40.3 Å².